The third-order valence-electron chi connectivity index (χ3n) is 3.26. The second-order valence-electron chi connectivity index (χ2n) is 4.43. The van der Waals surface area contributed by atoms with Gasteiger partial charge in [0.05, 0.1) is 23.1 Å². The van der Waals surface area contributed by atoms with Gasteiger partial charge in [0.1, 0.15) is 17.9 Å². The molecule has 3 rings (SSSR count). The number of carbonyl (C=O) groups excluding carboxylic acids is 1. The van der Waals surface area contributed by atoms with Gasteiger partial charge in [-0.2, -0.15) is 0 Å². The van der Waals surface area contributed by atoms with E-state index in [1.807, 2.05) is 28.8 Å². The summed E-state index contributed by atoms with van der Waals surface area (Å²) >= 11 is 5.95. The first-order chi connectivity index (χ1) is 9.74. The van der Waals surface area contributed by atoms with Gasteiger partial charge in [-0.05, 0) is 6.07 Å². The van der Waals surface area contributed by atoms with Crippen LogP contribution in [0.3, 0.4) is 0 Å². The lowest BCUT2D eigenvalue weighted by Crippen LogP contribution is -2.24. The average molecular weight is 289 g/mol. The topological polar surface area (TPSA) is 59.8 Å². The highest BCUT2D eigenvalue weighted by atomic mass is 35.5. The average Bonchev–Trinajstić information content (AvgIpc) is 2.85. The van der Waals surface area contributed by atoms with E-state index in [9.17, 15) is 4.79 Å². The number of hydrogen-bond donors (Lipinski definition) is 1. The van der Waals surface area contributed by atoms with E-state index >= 15 is 0 Å². The van der Waals surface area contributed by atoms with Crippen LogP contribution in [0.25, 0.3) is 21.9 Å². The van der Waals surface area contributed by atoms with Gasteiger partial charge >= 0.3 is 0 Å². The zero-order valence-corrected chi connectivity index (χ0v) is 11.7. The molecule has 102 valence electrons. The summed E-state index contributed by atoms with van der Waals surface area (Å²) < 4.78 is 1.85. The third-order valence-corrected chi connectivity index (χ3v) is 3.50. The summed E-state index contributed by atoms with van der Waals surface area (Å²) in [6.45, 7) is 0.197. The van der Waals surface area contributed by atoms with Crippen molar-refractivity contribution in [3.8, 4) is 0 Å². The van der Waals surface area contributed by atoms with Crippen molar-refractivity contribution in [3.05, 3.63) is 36.3 Å². The molecule has 0 fully saturated rings. The normalized spacial score (nSPS) is 11.1. The first-order valence-corrected chi connectivity index (χ1v) is 6.77. The SMILES string of the molecule is CNC(=O)Cn1c(CCl)nc2cnc3ccccc3c21. The smallest absolute Gasteiger partial charge is 0.239 e. The molecule has 0 unspecified atom stereocenters. The largest absolute Gasteiger partial charge is 0.358 e. The second-order valence-corrected chi connectivity index (χ2v) is 4.70. The van der Waals surface area contributed by atoms with E-state index in [1.54, 1.807) is 13.2 Å². The first kappa shape index (κ1) is 12.9. The van der Waals surface area contributed by atoms with E-state index in [-0.39, 0.29) is 18.3 Å². The Labute approximate surface area is 120 Å². The summed E-state index contributed by atoms with van der Waals surface area (Å²) in [7, 11) is 1.61. The molecule has 2 aromatic heterocycles. The zero-order valence-electron chi connectivity index (χ0n) is 10.9. The monoisotopic (exact) mass is 288 g/mol. The molecule has 0 aliphatic heterocycles. The zero-order chi connectivity index (χ0) is 14.1. The number of amides is 1. The number of rotatable bonds is 3. The van der Waals surface area contributed by atoms with E-state index in [0.717, 1.165) is 21.9 Å². The molecular formula is C14H13ClN4O. The molecule has 5 nitrogen and oxygen atoms in total. The molecule has 6 heteroatoms. The predicted octanol–water partition coefficient (Wildman–Crippen LogP) is 2.07. The fourth-order valence-electron chi connectivity index (χ4n) is 2.31. The molecule has 1 amide bonds. The van der Waals surface area contributed by atoms with Crippen molar-refractivity contribution >= 4 is 39.4 Å². The number of para-hydroxylation sites is 1. The predicted molar refractivity (Wildman–Crippen MR) is 78.7 cm³/mol. The maximum absolute atomic E-state index is 11.7. The van der Waals surface area contributed by atoms with E-state index in [2.05, 4.69) is 15.3 Å². The lowest BCUT2D eigenvalue weighted by molar-refractivity contribution is -0.121. The first-order valence-electron chi connectivity index (χ1n) is 6.24. The standard InChI is InChI=1S/C14H13ClN4O/c1-16-13(20)8-19-12(6-15)18-11-7-17-10-5-3-2-4-9(10)14(11)19/h2-5,7H,6,8H2,1H3,(H,16,20). The number of benzene rings is 1. The highest BCUT2D eigenvalue weighted by Gasteiger charge is 2.15. The van der Waals surface area contributed by atoms with Crippen LogP contribution in [0.1, 0.15) is 5.82 Å². The summed E-state index contributed by atoms with van der Waals surface area (Å²) in [4.78, 5) is 20.5. The number of alkyl halides is 1. The van der Waals surface area contributed by atoms with E-state index < -0.39 is 0 Å². The lowest BCUT2D eigenvalue weighted by atomic mass is 10.2. The van der Waals surface area contributed by atoms with Gasteiger partial charge in [-0.15, -0.1) is 11.6 Å². The van der Waals surface area contributed by atoms with Crippen molar-refractivity contribution in [1.29, 1.82) is 0 Å². The minimum Gasteiger partial charge on any atom is -0.358 e. The van der Waals surface area contributed by atoms with Crippen molar-refractivity contribution in [2.75, 3.05) is 7.05 Å². The molecule has 2 heterocycles. The van der Waals surface area contributed by atoms with Crippen molar-refractivity contribution in [2.45, 2.75) is 12.4 Å². The Morgan fingerprint density at radius 2 is 2.15 bits per heavy atom. The van der Waals surface area contributed by atoms with Crippen LogP contribution in [0.15, 0.2) is 30.5 Å². The summed E-state index contributed by atoms with van der Waals surface area (Å²) in [6.07, 6.45) is 1.72. The van der Waals surface area contributed by atoms with Crippen LogP contribution >= 0.6 is 11.6 Å². The summed E-state index contributed by atoms with van der Waals surface area (Å²) in [5.41, 5.74) is 2.53. The van der Waals surface area contributed by atoms with Gasteiger partial charge in [0, 0.05) is 12.4 Å². The molecule has 0 atom stereocenters. The van der Waals surface area contributed by atoms with Crippen molar-refractivity contribution in [2.24, 2.45) is 0 Å². The number of carbonyl (C=O) groups is 1. The summed E-state index contributed by atoms with van der Waals surface area (Å²) in [5.74, 6) is 0.833. The van der Waals surface area contributed by atoms with Gasteiger partial charge in [-0.25, -0.2) is 4.98 Å². The highest BCUT2D eigenvalue weighted by molar-refractivity contribution is 6.17. The second kappa shape index (κ2) is 5.09. The molecule has 0 aliphatic rings. The van der Waals surface area contributed by atoms with Gasteiger partial charge in [0.2, 0.25) is 5.91 Å². The van der Waals surface area contributed by atoms with Crippen LogP contribution in [0.5, 0.6) is 0 Å². The van der Waals surface area contributed by atoms with E-state index in [0.29, 0.717) is 5.82 Å². The van der Waals surface area contributed by atoms with Crippen LogP contribution in [0, 0.1) is 0 Å². The Balaban J connectivity index is 2.33. The van der Waals surface area contributed by atoms with Crippen molar-refractivity contribution in [3.63, 3.8) is 0 Å². The molecule has 20 heavy (non-hydrogen) atoms. The number of pyridine rings is 1. The molecule has 1 aromatic carbocycles. The Bertz CT molecular complexity index is 796. The minimum absolute atomic E-state index is 0.0865. The number of fused-ring (bicyclic) bond motifs is 3. The van der Waals surface area contributed by atoms with Gasteiger partial charge in [0.25, 0.3) is 0 Å². The summed E-state index contributed by atoms with van der Waals surface area (Å²) in [5, 5.41) is 3.59. The maximum atomic E-state index is 11.7. The van der Waals surface area contributed by atoms with Gasteiger partial charge < -0.3 is 9.88 Å². The van der Waals surface area contributed by atoms with Crippen LogP contribution in [-0.4, -0.2) is 27.5 Å². The number of aromatic nitrogens is 3. The lowest BCUT2D eigenvalue weighted by Gasteiger charge is -2.08. The highest BCUT2D eigenvalue weighted by Crippen LogP contribution is 2.25. The van der Waals surface area contributed by atoms with E-state index in [4.69, 9.17) is 11.6 Å². The molecule has 1 N–H and O–H groups in total. The molecule has 0 radical (unpaired) electrons. The molecule has 0 aliphatic carbocycles. The van der Waals surface area contributed by atoms with Crippen LogP contribution in [0.2, 0.25) is 0 Å². The Hall–Kier alpha value is -2.14. The Morgan fingerprint density at radius 3 is 2.90 bits per heavy atom. The molecule has 0 spiro atoms. The number of nitrogens with zero attached hydrogens (tertiary/aromatic N) is 3. The fraction of sp³-hybridized carbons (Fsp3) is 0.214. The van der Waals surface area contributed by atoms with Crippen LogP contribution < -0.4 is 5.32 Å². The summed E-state index contributed by atoms with van der Waals surface area (Å²) in [6, 6.07) is 7.79. The van der Waals surface area contributed by atoms with Gasteiger partial charge in [0.15, 0.2) is 0 Å². The van der Waals surface area contributed by atoms with E-state index in [1.165, 1.54) is 0 Å². The molecule has 0 saturated carbocycles. The number of nitrogens with one attached hydrogen (secondary N) is 1. The van der Waals surface area contributed by atoms with Crippen LogP contribution in [0.4, 0.5) is 0 Å². The maximum Gasteiger partial charge on any atom is 0.239 e. The number of likely N-dealkylation sites (N-methyl/N-ethyl adjacent to an activating group) is 1. The Morgan fingerprint density at radius 1 is 1.35 bits per heavy atom. The van der Waals surface area contributed by atoms with Crippen molar-refractivity contribution in [1.82, 2.24) is 19.9 Å². The molecule has 3 aromatic rings. The Kier molecular flexibility index (Phi) is 3.28. The van der Waals surface area contributed by atoms with Crippen molar-refractivity contribution < 1.29 is 4.79 Å². The quantitative estimate of drug-likeness (QED) is 0.751. The number of halogens is 1. The van der Waals surface area contributed by atoms with Gasteiger partial charge in [-0.3, -0.25) is 9.78 Å². The van der Waals surface area contributed by atoms with Crippen LogP contribution in [-0.2, 0) is 17.2 Å². The number of hydrogen-bond acceptors (Lipinski definition) is 3. The fourth-order valence-corrected chi connectivity index (χ4v) is 2.51. The number of imidazole rings is 1. The minimum atomic E-state index is -0.0865. The molecule has 0 bridgehead atoms. The molecular weight excluding hydrogens is 276 g/mol. The third kappa shape index (κ3) is 2.00. The van der Waals surface area contributed by atoms with Gasteiger partial charge in [-0.1, -0.05) is 18.2 Å². The molecule has 0 saturated heterocycles.